The number of hydrogen-bond acceptors (Lipinski definition) is 3. The molecule has 16 heavy (non-hydrogen) atoms. The second-order valence-electron chi connectivity index (χ2n) is 3.67. The molecule has 0 atom stereocenters. The zero-order valence-electron chi connectivity index (χ0n) is 8.77. The maximum atomic E-state index is 11.4. The molecule has 2 rings (SSSR count). The van der Waals surface area contributed by atoms with E-state index in [1.807, 2.05) is 0 Å². The molecule has 0 aromatic carbocycles. The van der Waals surface area contributed by atoms with Gasteiger partial charge in [0.1, 0.15) is 0 Å². The maximum absolute atomic E-state index is 11.4. The molecule has 4 N–H and O–H groups in total. The number of nitrogens with one attached hydrogen (secondary N) is 2. The summed E-state index contributed by atoms with van der Waals surface area (Å²) in [5.41, 5.74) is 5.52. The lowest BCUT2D eigenvalue weighted by molar-refractivity contribution is 0.233. The van der Waals surface area contributed by atoms with Crippen molar-refractivity contribution in [2.24, 2.45) is 10.7 Å². The van der Waals surface area contributed by atoms with Crippen molar-refractivity contribution in [3.8, 4) is 0 Å². The van der Waals surface area contributed by atoms with Crippen LogP contribution in [0, 0.1) is 0 Å². The van der Waals surface area contributed by atoms with E-state index in [0.29, 0.717) is 5.88 Å². The van der Waals surface area contributed by atoms with Crippen LogP contribution in [0.5, 0.6) is 0 Å². The maximum Gasteiger partial charge on any atom is 0.321 e. The third kappa shape index (κ3) is 2.75. The summed E-state index contributed by atoms with van der Waals surface area (Å²) >= 11 is 0. The lowest BCUT2D eigenvalue weighted by atomic mass is 9.93. The van der Waals surface area contributed by atoms with E-state index in [1.165, 1.54) is 12.7 Å². The minimum absolute atomic E-state index is 0.0202. The largest absolute Gasteiger partial charge is 0.447 e. The average Bonchev–Trinajstić information content (AvgIpc) is 2.63. The van der Waals surface area contributed by atoms with Gasteiger partial charge in [-0.2, -0.15) is 4.99 Å². The van der Waals surface area contributed by atoms with Gasteiger partial charge in [-0.3, -0.25) is 5.32 Å². The predicted molar refractivity (Wildman–Crippen MR) is 59.3 cm³/mol. The van der Waals surface area contributed by atoms with Crippen molar-refractivity contribution in [2.45, 2.75) is 25.3 Å². The number of urea groups is 1. The molecule has 0 spiro atoms. The first-order valence-corrected chi connectivity index (χ1v) is 5.19. The Morgan fingerprint density at radius 2 is 2.38 bits per heavy atom. The highest BCUT2D eigenvalue weighted by Crippen LogP contribution is 2.17. The highest BCUT2D eigenvalue weighted by atomic mass is 16.3. The van der Waals surface area contributed by atoms with Crippen LogP contribution in [0.15, 0.2) is 27.8 Å². The van der Waals surface area contributed by atoms with Gasteiger partial charge in [0.25, 0.3) is 0 Å². The van der Waals surface area contributed by atoms with Gasteiger partial charge in [-0.15, -0.1) is 0 Å². The van der Waals surface area contributed by atoms with E-state index in [9.17, 15) is 4.79 Å². The zero-order chi connectivity index (χ0) is 11.4. The van der Waals surface area contributed by atoms with Crippen molar-refractivity contribution >= 4 is 17.9 Å². The van der Waals surface area contributed by atoms with Gasteiger partial charge in [-0.25, -0.2) is 4.79 Å². The van der Waals surface area contributed by atoms with Gasteiger partial charge >= 0.3 is 6.03 Å². The highest BCUT2D eigenvalue weighted by molar-refractivity contribution is 5.96. The summed E-state index contributed by atoms with van der Waals surface area (Å²) in [5, 5.41) is 5.22. The molecule has 0 bridgehead atoms. The molecule has 1 aromatic rings. The van der Waals surface area contributed by atoms with Crippen LogP contribution in [0.4, 0.5) is 10.7 Å². The fraction of sp³-hybridized carbons (Fsp3) is 0.400. The van der Waals surface area contributed by atoms with Crippen LogP contribution in [0.3, 0.4) is 0 Å². The second-order valence-corrected chi connectivity index (χ2v) is 3.67. The lowest BCUT2D eigenvalue weighted by Gasteiger charge is -2.26. The number of aliphatic imine (C=N–C) groups is 1. The van der Waals surface area contributed by atoms with Crippen molar-refractivity contribution in [3.05, 3.63) is 18.4 Å². The minimum Gasteiger partial charge on any atom is -0.447 e. The molecule has 1 aliphatic carbocycles. The fourth-order valence-electron chi connectivity index (χ4n) is 1.37. The molecule has 86 valence electrons. The molecule has 6 nitrogen and oxygen atoms in total. The molecule has 1 aromatic heterocycles. The van der Waals surface area contributed by atoms with Crippen LogP contribution in [-0.4, -0.2) is 18.0 Å². The Bertz CT molecular complexity index is 382. The number of nitrogens with two attached hydrogens (primary N) is 1. The first kappa shape index (κ1) is 10.5. The van der Waals surface area contributed by atoms with Crippen molar-refractivity contribution in [1.29, 1.82) is 0 Å². The fourth-order valence-corrected chi connectivity index (χ4v) is 1.37. The normalized spacial score (nSPS) is 16.6. The summed E-state index contributed by atoms with van der Waals surface area (Å²) in [5.74, 6) is 0.383. The third-order valence-electron chi connectivity index (χ3n) is 2.42. The molecule has 6 heteroatoms. The van der Waals surface area contributed by atoms with E-state index in [1.54, 1.807) is 12.1 Å². The molecular weight excluding hydrogens is 208 g/mol. The Labute approximate surface area is 92.9 Å². The number of furan rings is 1. The lowest BCUT2D eigenvalue weighted by Crippen LogP contribution is -2.49. The molecule has 1 aliphatic rings. The minimum atomic E-state index is -0.322. The van der Waals surface area contributed by atoms with Crippen molar-refractivity contribution in [3.63, 3.8) is 0 Å². The van der Waals surface area contributed by atoms with Gasteiger partial charge in [0.05, 0.1) is 6.26 Å². The molecule has 2 amide bonds. The van der Waals surface area contributed by atoms with E-state index in [0.717, 1.165) is 12.8 Å². The summed E-state index contributed by atoms with van der Waals surface area (Å²) in [4.78, 5) is 15.2. The SMILES string of the molecule is NC(=Nc1ccco1)NC(=O)NC1CCC1. The molecule has 1 fully saturated rings. The molecular formula is C10H14N4O2. The van der Waals surface area contributed by atoms with Gasteiger partial charge in [0.15, 0.2) is 0 Å². The number of nitrogens with zero attached hydrogens (tertiary/aromatic N) is 1. The van der Waals surface area contributed by atoms with Crippen LogP contribution >= 0.6 is 0 Å². The van der Waals surface area contributed by atoms with Gasteiger partial charge in [-0.1, -0.05) is 0 Å². The molecule has 1 saturated carbocycles. The topological polar surface area (TPSA) is 92.7 Å². The van der Waals surface area contributed by atoms with Gasteiger partial charge in [-0.05, 0) is 25.3 Å². The quantitative estimate of drug-likeness (QED) is 0.516. The summed E-state index contributed by atoms with van der Waals surface area (Å²) in [7, 11) is 0. The first-order valence-electron chi connectivity index (χ1n) is 5.19. The zero-order valence-corrected chi connectivity index (χ0v) is 8.77. The second kappa shape index (κ2) is 4.69. The monoisotopic (exact) mass is 222 g/mol. The number of amides is 2. The van der Waals surface area contributed by atoms with Crippen LogP contribution in [-0.2, 0) is 0 Å². The van der Waals surface area contributed by atoms with Crippen LogP contribution in [0.1, 0.15) is 19.3 Å². The van der Waals surface area contributed by atoms with Gasteiger partial charge in [0.2, 0.25) is 11.8 Å². The Morgan fingerprint density at radius 3 is 2.94 bits per heavy atom. The van der Waals surface area contributed by atoms with Crippen LogP contribution < -0.4 is 16.4 Å². The molecule has 1 heterocycles. The summed E-state index contributed by atoms with van der Waals surface area (Å²) < 4.78 is 4.96. The number of guanidine groups is 1. The Balaban J connectivity index is 1.81. The van der Waals surface area contributed by atoms with Gasteiger partial charge in [0, 0.05) is 12.1 Å². The van der Waals surface area contributed by atoms with Crippen molar-refractivity contribution in [1.82, 2.24) is 10.6 Å². The number of hydrogen-bond donors (Lipinski definition) is 3. The van der Waals surface area contributed by atoms with E-state index < -0.39 is 0 Å². The van der Waals surface area contributed by atoms with Crippen LogP contribution in [0.25, 0.3) is 0 Å². The smallest absolute Gasteiger partial charge is 0.321 e. The Morgan fingerprint density at radius 1 is 1.56 bits per heavy atom. The molecule has 0 radical (unpaired) electrons. The van der Waals surface area contributed by atoms with E-state index in [2.05, 4.69) is 15.6 Å². The van der Waals surface area contributed by atoms with E-state index in [-0.39, 0.29) is 18.0 Å². The summed E-state index contributed by atoms with van der Waals surface area (Å²) in [6, 6.07) is 3.30. The Hall–Kier alpha value is -1.98. The molecule has 0 unspecified atom stereocenters. The third-order valence-corrected chi connectivity index (χ3v) is 2.42. The van der Waals surface area contributed by atoms with E-state index >= 15 is 0 Å². The van der Waals surface area contributed by atoms with Crippen LogP contribution in [0.2, 0.25) is 0 Å². The number of carbonyl (C=O) groups excluding carboxylic acids is 1. The number of carbonyl (C=O) groups is 1. The molecule has 0 saturated heterocycles. The Kier molecular flexibility index (Phi) is 3.09. The first-order chi connectivity index (χ1) is 7.74. The highest BCUT2D eigenvalue weighted by Gasteiger charge is 2.19. The summed E-state index contributed by atoms with van der Waals surface area (Å²) in [6.45, 7) is 0. The predicted octanol–water partition coefficient (Wildman–Crippen LogP) is 1.08. The standard InChI is InChI=1S/C10H14N4O2/c11-9(13-8-5-2-6-16-8)14-10(15)12-7-3-1-4-7/h2,5-7H,1,3-4H2,(H4,11,12,13,14,15). The van der Waals surface area contributed by atoms with Crippen molar-refractivity contribution < 1.29 is 9.21 Å². The average molecular weight is 222 g/mol. The molecule has 0 aliphatic heterocycles. The van der Waals surface area contributed by atoms with E-state index in [4.69, 9.17) is 10.2 Å². The summed E-state index contributed by atoms with van der Waals surface area (Å²) in [6.07, 6.45) is 4.72. The van der Waals surface area contributed by atoms with Gasteiger partial charge < -0.3 is 15.5 Å². The van der Waals surface area contributed by atoms with Crippen molar-refractivity contribution in [2.75, 3.05) is 0 Å². The number of rotatable bonds is 2.